The van der Waals surface area contributed by atoms with Gasteiger partial charge in [0.25, 0.3) is 0 Å². The fourth-order valence-corrected chi connectivity index (χ4v) is 9.38. The van der Waals surface area contributed by atoms with Gasteiger partial charge in [-0.15, -0.1) is 0 Å². The second-order valence-electron chi connectivity index (χ2n) is 14.9. The molecule has 266 valence electrons. The van der Waals surface area contributed by atoms with Gasteiger partial charge in [0.2, 0.25) is 0 Å². The number of fused-ring (bicyclic) bond motifs is 9. The van der Waals surface area contributed by atoms with Crippen molar-refractivity contribution in [2.75, 3.05) is 0 Å². The maximum Gasteiger partial charge on any atom is 0.0562 e. The van der Waals surface area contributed by atoms with Crippen LogP contribution in [0.15, 0.2) is 212 Å². The Labute approximate surface area is 329 Å². The van der Waals surface area contributed by atoms with E-state index in [0.717, 1.165) is 5.69 Å². The lowest BCUT2D eigenvalue weighted by Gasteiger charge is -2.13. The van der Waals surface area contributed by atoms with Crippen molar-refractivity contribution < 1.29 is 0 Å². The molecule has 0 saturated heterocycles. The van der Waals surface area contributed by atoms with Crippen LogP contribution in [0.25, 0.3) is 105 Å². The summed E-state index contributed by atoms with van der Waals surface area (Å²) in [7, 11) is 0. The number of aromatic nitrogens is 3. The number of para-hydroxylation sites is 4. The van der Waals surface area contributed by atoms with Gasteiger partial charge in [-0.3, -0.25) is 0 Å². The van der Waals surface area contributed by atoms with Gasteiger partial charge in [-0.1, -0.05) is 152 Å². The Morgan fingerprint density at radius 3 is 1.05 bits per heavy atom. The van der Waals surface area contributed by atoms with Crippen molar-refractivity contribution in [3.05, 3.63) is 212 Å². The van der Waals surface area contributed by atoms with E-state index in [-0.39, 0.29) is 0 Å². The van der Waals surface area contributed by atoms with Crippen LogP contribution in [0.1, 0.15) is 0 Å². The van der Waals surface area contributed by atoms with Crippen LogP contribution in [0.2, 0.25) is 0 Å². The van der Waals surface area contributed by atoms with Crippen LogP contribution in [-0.2, 0) is 0 Å². The van der Waals surface area contributed by atoms with E-state index >= 15 is 0 Å². The quantitative estimate of drug-likeness (QED) is 0.168. The van der Waals surface area contributed by atoms with Crippen molar-refractivity contribution in [3.63, 3.8) is 0 Å². The molecule has 0 bridgehead atoms. The molecule has 0 spiro atoms. The van der Waals surface area contributed by atoms with Crippen molar-refractivity contribution in [2.45, 2.75) is 0 Å². The van der Waals surface area contributed by atoms with Gasteiger partial charge in [0.15, 0.2) is 0 Å². The number of benzene rings is 9. The third kappa shape index (κ3) is 4.73. The molecule has 3 heterocycles. The predicted molar refractivity (Wildman–Crippen MR) is 240 cm³/mol. The first kappa shape index (κ1) is 31.7. The Morgan fingerprint density at radius 2 is 0.544 bits per heavy atom. The lowest BCUT2D eigenvalue weighted by molar-refractivity contribution is 1.17. The van der Waals surface area contributed by atoms with Gasteiger partial charge in [0.05, 0.1) is 44.5 Å². The number of rotatable bonds is 5. The largest absolute Gasteiger partial charge is 0.309 e. The fraction of sp³-hybridized carbons (Fsp3) is 0. The summed E-state index contributed by atoms with van der Waals surface area (Å²) in [4.78, 5) is 0. The molecular formula is C54H35N3. The normalized spacial score (nSPS) is 11.9. The second-order valence-corrected chi connectivity index (χ2v) is 14.9. The number of hydrogen-bond acceptors (Lipinski definition) is 0. The molecule has 3 nitrogen and oxygen atoms in total. The van der Waals surface area contributed by atoms with E-state index in [0.29, 0.717) is 0 Å². The second kappa shape index (κ2) is 12.5. The maximum atomic E-state index is 2.49. The Kier molecular flexibility index (Phi) is 6.93. The number of nitrogens with zero attached hydrogens (tertiary/aromatic N) is 3. The average molecular weight is 726 g/mol. The molecule has 0 fully saturated rings. The first-order valence-electron chi connectivity index (χ1n) is 19.6. The average Bonchev–Trinajstić information content (AvgIpc) is 3.93. The molecule has 0 unspecified atom stereocenters. The van der Waals surface area contributed by atoms with E-state index in [1.807, 2.05) is 0 Å². The molecule has 0 aliphatic rings. The SMILES string of the molecule is c1ccc(-c2ccc(-c3ccc(-n4c5ccccc5c5c(-n6c7ccccc7c7c(-n8c9ccccc9c9ccccc98)cccc76)cccc54)cc3)cc2)cc1. The Balaban J connectivity index is 1.06. The molecule has 0 amide bonds. The Hall–Kier alpha value is -7.62. The highest BCUT2D eigenvalue weighted by atomic mass is 15.0. The van der Waals surface area contributed by atoms with E-state index < -0.39 is 0 Å². The Morgan fingerprint density at radius 1 is 0.211 bits per heavy atom. The summed E-state index contributed by atoms with van der Waals surface area (Å²) in [6.07, 6.45) is 0. The third-order valence-corrected chi connectivity index (χ3v) is 11.9. The van der Waals surface area contributed by atoms with E-state index in [1.54, 1.807) is 0 Å². The monoisotopic (exact) mass is 725 g/mol. The molecule has 9 aromatic carbocycles. The maximum absolute atomic E-state index is 2.49. The molecule has 0 saturated carbocycles. The third-order valence-electron chi connectivity index (χ3n) is 11.9. The van der Waals surface area contributed by atoms with Gasteiger partial charge < -0.3 is 13.7 Å². The standard InChI is InChI=1S/C54H35N3/c1-2-14-36(15-3-1)37-28-30-38(31-29-37)39-32-34-40(35-33-39)55-47-22-10-6-18-43(47)53-49(55)24-12-26-51(53)57-48-23-11-7-19-44(48)54-50(25-13-27-52(54)57)56-45-20-8-4-16-41(45)42-17-5-9-21-46(42)56/h1-35H. The molecule has 0 N–H and O–H groups in total. The topological polar surface area (TPSA) is 14.8 Å². The molecular weight excluding hydrogens is 691 g/mol. The van der Waals surface area contributed by atoms with Crippen LogP contribution < -0.4 is 0 Å². The van der Waals surface area contributed by atoms with Gasteiger partial charge in [-0.25, -0.2) is 0 Å². The van der Waals surface area contributed by atoms with Crippen LogP contribution in [0.5, 0.6) is 0 Å². The summed E-state index contributed by atoms with van der Waals surface area (Å²) in [5.74, 6) is 0. The van der Waals surface area contributed by atoms with Gasteiger partial charge in [-0.05, 0) is 82.9 Å². The molecule has 12 rings (SSSR count). The molecule has 3 heteroatoms. The van der Waals surface area contributed by atoms with Crippen LogP contribution >= 0.6 is 0 Å². The minimum absolute atomic E-state index is 1.14. The minimum atomic E-state index is 1.14. The highest BCUT2D eigenvalue weighted by Gasteiger charge is 2.22. The zero-order valence-corrected chi connectivity index (χ0v) is 31.0. The van der Waals surface area contributed by atoms with Crippen molar-refractivity contribution in [2.24, 2.45) is 0 Å². The van der Waals surface area contributed by atoms with Gasteiger partial charge in [0.1, 0.15) is 0 Å². The molecule has 3 aromatic heterocycles. The van der Waals surface area contributed by atoms with Crippen LogP contribution in [0, 0.1) is 0 Å². The lowest BCUT2D eigenvalue weighted by atomic mass is 10.0. The Bertz CT molecular complexity index is 3440. The zero-order chi connectivity index (χ0) is 37.5. The fourth-order valence-electron chi connectivity index (χ4n) is 9.38. The molecule has 0 atom stereocenters. The van der Waals surface area contributed by atoms with Gasteiger partial charge in [-0.2, -0.15) is 0 Å². The molecule has 57 heavy (non-hydrogen) atoms. The van der Waals surface area contributed by atoms with Crippen molar-refractivity contribution in [1.29, 1.82) is 0 Å². The molecule has 0 radical (unpaired) electrons. The molecule has 0 aliphatic heterocycles. The first-order valence-corrected chi connectivity index (χ1v) is 19.6. The summed E-state index contributed by atoms with van der Waals surface area (Å²) >= 11 is 0. The van der Waals surface area contributed by atoms with Crippen molar-refractivity contribution in [3.8, 4) is 39.3 Å². The van der Waals surface area contributed by atoms with E-state index in [4.69, 9.17) is 0 Å². The summed E-state index contributed by atoms with van der Waals surface area (Å²) in [5, 5.41) is 7.47. The van der Waals surface area contributed by atoms with Crippen molar-refractivity contribution >= 4 is 65.4 Å². The van der Waals surface area contributed by atoms with Crippen molar-refractivity contribution in [1.82, 2.24) is 13.7 Å². The van der Waals surface area contributed by atoms with E-state index in [1.165, 1.54) is 99.0 Å². The van der Waals surface area contributed by atoms with E-state index in [2.05, 4.69) is 226 Å². The summed E-state index contributed by atoms with van der Waals surface area (Å²) < 4.78 is 7.37. The highest BCUT2D eigenvalue weighted by molar-refractivity contribution is 6.19. The summed E-state index contributed by atoms with van der Waals surface area (Å²) in [6, 6.07) is 77.3. The molecule has 0 aliphatic carbocycles. The zero-order valence-electron chi connectivity index (χ0n) is 31.0. The first-order chi connectivity index (χ1) is 28.3. The number of hydrogen-bond donors (Lipinski definition) is 0. The van der Waals surface area contributed by atoms with Crippen LogP contribution in [0.4, 0.5) is 0 Å². The van der Waals surface area contributed by atoms with Crippen LogP contribution in [-0.4, -0.2) is 13.7 Å². The predicted octanol–water partition coefficient (Wildman–Crippen LogP) is 14.3. The van der Waals surface area contributed by atoms with Gasteiger partial charge in [0, 0.05) is 38.0 Å². The van der Waals surface area contributed by atoms with Gasteiger partial charge >= 0.3 is 0 Å². The molecule has 12 aromatic rings. The smallest absolute Gasteiger partial charge is 0.0562 e. The van der Waals surface area contributed by atoms with Crippen LogP contribution in [0.3, 0.4) is 0 Å². The summed E-state index contributed by atoms with van der Waals surface area (Å²) in [5.41, 5.74) is 15.5. The minimum Gasteiger partial charge on any atom is -0.309 e. The summed E-state index contributed by atoms with van der Waals surface area (Å²) in [6.45, 7) is 0. The highest BCUT2D eigenvalue weighted by Crippen LogP contribution is 2.43. The lowest BCUT2D eigenvalue weighted by Crippen LogP contribution is -1.98. The van der Waals surface area contributed by atoms with E-state index in [9.17, 15) is 0 Å².